The Morgan fingerprint density at radius 1 is 0.653 bits per heavy atom. The van der Waals surface area contributed by atoms with Crippen LogP contribution in [0.3, 0.4) is 0 Å². The van der Waals surface area contributed by atoms with Gasteiger partial charge in [0.15, 0.2) is 0 Å². The molecule has 0 unspecified atom stereocenters. The molecule has 0 saturated heterocycles. The van der Waals surface area contributed by atoms with E-state index in [1.54, 1.807) is 6.08 Å². The van der Waals surface area contributed by atoms with Crippen LogP contribution in [-0.2, 0) is 0 Å². The summed E-state index contributed by atoms with van der Waals surface area (Å²) in [5, 5.41) is 0. The highest BCUT2D eigenvalue weighted by atomic mass is 14.8. The van der Waals surface area contributed by atoms with Gasteiger partial charge in [-0.25, -0.2) is 4.99 Å². The van der Waals surface area contributed by atoms with E-state index >= 15 is 0 Å². The van der Waals surface area contributed by atoms with Crippen LogP contribution in [0.5, 0.6) is 0 Å². The van der Waals surface area contributed by atoms with Crippen molar-refractivity contribution in [3.8, 4) is 0 Å². The molecule has 1 heteroatoms. The second-order valence-corrected chi connectivity index (χ2v) is 11.2. The van der Waals surface area contributed by atoms with E-state index in [1.807, 2.05) is 69.3 Å². The van der Waals surface area contributed by atoms with E-state index in [0.717, 1.165) is 39.2 Å². The fourth-order valence-corrected chi connectivity index (χ4v) is 4.98. The Labute approximate surface area is 297 Å². The summed E-state index contributed by atoms with van der Waals surface area (Å²) in [5.74, 6) is 0. The fourth-order valence-electron chi connectivity index (χ4n) is 4.98. The van der Waals surface area contributed by atoms with Crippen LogP contribution in [0, 0.1) is 13.8 Å². The zero-order valence-electron chi connectivity index (χ0n) is 30.6. The summed E-state index contributed by atoms with van der Waals surface area (Å²) in [5.41, 5.74) is 13.3. The number of aliphatic imine (C=N–C) groups is 1. The molecule has 0 aliphatic carbocycles. The van der Waals surface area contributed by atoms with Gasteiger partial charge < -0.3 is 0 Å². The first-order valence-electron chi connectivity index (χ1n) is 16.9. The molecule has 4 aromatic carbocycles. The van der Waals surface area contributed by atoms with Gasteiger partial charge in [-0.2, -0.15) is 0 Å². The van der Waals surface area contributed by atoms with E-state index in [0.29, 0.717) is 0 Å². The van der Waals surface area contributed by atoms with Crippen LogP contribution < -0.4 is 0 Å². The monoisotopic (exact) mass is 643 g/mol. The molecule has 0 heterocycles. The van der Waals surface area contributed by atoms with E-state index in [2.05, 4.69) is 151 Å². The minimum Gasteiger partial charge on any atom is -0.248 e. The Balaban J connectivity index is 0.000000410. The standard InChI is InChI=1S/C31H29N.C15H18.C2H6/c1-5-6-13-30(28-14-9-7-10-15-28)22-25(3)23-31(29-16-11-8-12-17-29)32-26(4)27-20-18-24(2)19-21-27;1-5-9-12(3)14(6-2)15-11-8-7-10-13(15)4;1-2/h5-23H,1,4H2,2-3H3;5-11H,2H2,1,3-4H3;1-2H3/b13-6-,25-23+,30-22+,32-31?;9-5-,14-12+;. The first kappa shape index (κ1) is 39.6. The zero-order valence-corrected chi connectivity index (χ0v) is 30.6. The van der Waals surface area contributed by atoms with Gasteiger partial charge >= 0.3 is 0 Å². The molecule has 0 atom stereocenters. The number of aryl methyl sites for hydroxylation is 2. The van der Waals surface area contributed by atoms with Crippen molar-refractivity contribution in [3.05, 3.63) is 222 Å². The summed E-state index contributed by atoms with van der Waals surface area (Å²) in [6, 6.07) is 37.2. The molecular formula is C48H53N. The second-order valence-electron chi connectivity index (χ2n) is 11.2. The molecule has 0 N–H and O–H groups in total. The van der Waals surface area contributed by atoms with Crippen molar-refractivity contribution in [1.29, 1.82) is 0 Å². The smallest absolute Gasteiger partial charge is 0.0711 e. The molecule has 4 aromatic rings. The van der Waals surface area contributed by atoms with E-state index < -0.39 is 0 Å². The highest BCUT2D eigenvalue weighted by Gasteiger charge is 2.05. The normalized spacial score (nSPS) is 12.3. The lowest BCUT2D eigenvalue weighted by Crippen LogP contribution is -1.99. The minimum absolute atomic E-state index is 0.742. The molecule has 0 aliphatic rings. The summed E-state index contributed by atoms with van der Waals surface area (Å²) in [6.45, 7) is 26.4. The Kier molecular flexibility index (Phi) is 17.9. The molecule has 0 aromatic heterocycles. The van der Waals surface area contributed by atoms with Crippen LogP contribution in [0.15, 0.2) is 194 Å². The molecule has 4 rings (SSSR count). The molecule has 1 nitrogen and oxygen atoms in total. The molecule has 0 fully saturated rings. The number of hydrogen-bond donors (Lipinski definition) is 0. The van der Waals surface area contributed by atoms with Crippen LogP contribution in [-0.4, -0.2) is 5.71 Å². The van der Waals surface area contributed by atoms with Crippen molar-refractivity contribution >= 4 is 22.6 Å². The summed E-state index contributed by atoms with van der Waals surface area (Å²) >= 11 is 0. The molecule has 0 bridgehead atoms. The largest absolute Gasteiger partial charge is 0.248 e. The molecule has 0 spiro atoms. The lowest BCUT2D eigenvalue weighted by atomic mass is 9.96. The molecule has 0 saturated carbocycles. The number of benzene rings is 4. The van der Waals surface area contributed by atoms with Gasteiger partial charge in [-0.05, 0) is 85.2 Å². The van der Waals surface area contributed by atoms with Crippen LogP contribution in [0.4, 0.5) is 0 Å². The van der Waals surface area contributed by atoms with Gasteiger partial charge in [0.25, 0.3) is 0 Å². The third-order valence-corrected chi connectivity index (χ3v) is 7.46. The summed E-state index contributed by atoms with van der Waals surface area (Å²) in [4.78, 5) is 4.91. The Morgan fingerprint density at radius 3 is 1.78 bits per heavy atom. The van der Waals surface area contributed by atoms with Crippen molar-refractivity contribution in [1.82, 2.24) is 0 Å². The Bertz CT molecular complexity index is 1820. The molecule has 49 heavy (non-hydrogen) atoms. The number of nitrogens with zero attached hydrogens (tertiary/aromatic N) is 1. The van der Waals surface area contributed by atoms with Gasteiger partial charge in [0.2, 0.25) is 0 Å². The van der Waals surface area contributed by atoms with Crippen LogP contribution >= 0.6 is 0 Å². The average Bonchev–Trinajstić information content (AvgIpc) is 3.13. The summed E-state index contributed by atoms with van der Waals surface area (Å²) in [6.07, 6.45) is 16.2. The van der Waals surface area contributed by atoms with Crippen LogP contribution in [0.2, 0.25) is 0 Å². The van der Waals surface area contributed by atoms with E-state index in [1.165, 1.54) is 27.8 Å². The quantitative estimate of drug-likeness (QED) is 0.114. The maximum absolute atomic E-state index is 4.91. The van der Waals surface area contributed by atoms with Crippen molar-refractivity contribution in [2.24, 2.45) is 4.99 Å². The van der Waals surface area contributed by atoms with Gasteiger partial charge in [-0.15, -0.1) is 0 Å². The van der Waals surface area contributed by atoms with Gasteiger partial charge in [0, 0.05) is 5.56 Å². The number of hydrogen-bond acceptors (Lipinski definition) is 1. The predicted molar refractivity (Wildman–Crippen MR) is 221 cm³/mol. The van der Waals surface area contributed by atoms with Gasteiger partial charge in [0.1, 0.15) is 0 Å². The van der Waals surface area contributed by atoms with Crippen molar-refractivity contribution < 1.29 is 0 Å². The third kappa shape index (κ3) is 13.2. The van der Waals surface area contributed by atoms with Gasteiger partial charge in [-0.1, -0.05) is 191 Å². The maximum atomic E-state index is 4.91. The van der Waals surface area contributed by atoms with E-state index in [4.69, 9.17) is 4.99 Å². The SMILES string of the molecule is C=C/C(=C(C)\C=C/C)c1ccccc1C.C=C\C=C/C(=C\C(C)=C\C(=NC(=C)c1ccc(C)cc1)c1ccccc1)c1ccccc1.CC. The fraction of sp³-hybridized carbons (Fsp3) is 0.146. The summed E-state index contributed by atoms with van der Waals surface area (Å²) < 4.78 is 0. The number of allylic oxidation sites excluding steroid dienone is 12. The predicted octanol–water partition coefficient (Wildman–Crippen LogP) is 13.8. The van der Waals surface area contributed by atoms with Crippen molar-refractivity contribution in [2.45, 2.75) is 48.5 Å². The topological polar surface area (TPSA) is 12.4 Å². The van der Waals surface area contributed by atoms with Crippen molar-refractivity contribution in [2.75, 3.05) is 0 Å². The Hall–Kier alpha value is -5.53. The lowest BCUT2D eigenvalue weighted by molar-refractivity contribution is 1.40. The maximum Gasteiger partial charge on any atom is 0.0711 e. The number of rotatable bonds is 11. The lowest BCUT2D eigenvalue weighted by Gasteiger charge is -2.08. The first-order valence-corrected chi connectivity index (χ1v) is 16.9. The molecule has 0 radical (unpaired) electrons. The van der Waals surface area contributed by atoms with Gasteiger partial charge in [0.05, 0.1) is 11.4 Å². The van der Waals surface area contributed by atoms with Gasteiger partial charge in [-0.3, -0.25) is 0 Å². The highest BCUT2D eigenvalue weighted by Crippen LogP contribution is 2.24. The van der Waals surface area contributed by atoms with E-state index in [-0.39, 0.29) is 0 Å². The van der Waals surface area contributed by atoms with E-state index in [9.17, 15) is 0 Å². The van der Waals surface area contributed by atoms with Crippen LogP contribution in [0.1, 0.15) is 68.0 Å². The highest BCUT2D eigenvalue weighted by molar-refractivity contribution is 6.11. The molecule has 0 aliphatic heterocycles. The Morgan fingerprint density at radius 2 is 1.22 bits per heavy atom. The molecular weight excluding hydrogens is 591 g/mol. The molecule has 250 valence electrons. The summed E-state index contributed by atoms with van der Waals surface area (Å²) in [7, 11) is 0. The minimum atomic E-state index is 0.742. The first-order chi connectivity index (χ1) is 23.8. The average molecular weight is 644 g/mol. The van der Waals surface area contributed by atoms with Crippen LogP contribution in [0.25, 0.3) is 16.8 Å². The van der Waals surface area contributed by atoms with Crippen molar-refractivity contribution in [3.63, 3.8) is 0 Å². The third-order valence-electron chi connectivity index (χ3n) is 7.46. The second kappa shape index (κ2) is 22.1. The molecule has 0 amide bonds. The zero-order chi connectivity index (χ0) is 36.0.